The van der Waals surface area contributed by atoms with Gasteiger partial charge in [0.25, 0.3) is 0 Å². The molecule has 3 aromatic rings. The van der Waals surface area contributed by atoms with Gasteiger partial charge in [-0.15, -0.1) is 0 Å². The van der Waals surface area contributed by atoms with Gasteiger partial charge in [0, 0.05) is 11.1 Å². The number of imidazole rings is 1. The van der Waals surface area contributed by atoms with Gasteiger partial charge in [-0.05, 0) is 40.7 Å². The number of fused-ring (bicyclic) bond motifs is 3. The summed E-state index contributed by atoms with van der Waals surface area (Å²) >= 11 is 3.54. The van der Waals surface area contributed by atoms with E-state index in [1.54, 1.807) is 0 Å². The van der Waals surface area contributed by atoms with Crippen molar-refractivity contribution >= 4 is 32.3 Å². The lowest BCUT2D eigenvalue weighted by Gasteiger charge is -2.10. The van der Waals surface area contributed by atoms with E-state index >= 15 is 0 Å². The highest BCUT2D eigenvalue weighted by atomic mass is 79.9. The first-order chi connectivity index (χ1) is 7.70. The zero-order valence-electron chi connectivity index (χ0n) is 9.16. The van der Waals surface area contributed by atoms with Crippen LogP contribution in [-0.2, 0) is 0 Å². The molecular weight excluding hydrogens is 264 g/mol. The van der Waals surface area contributed by atoms with Crippen molar-refractivity contribution in [1.82, 2.24) is 9.38 Å². The van der Waals surface area contributed by atoms with Crippen LogP contribution < -0.4 is 0 Å². The third kappa shape index (κ3) is 1.15. The molecular formula is C13H11BrN2. The van der Waals surface area contributed by atoms with E-state index in [1.807, 2.05) is 6.20 Å². The van der Waals surface area contributed by atoms with E-state index < -0.39 is 0 Å². The summed E-state index contributed by atoms with van der Waals surface area (Å²) in [6.07, 6.45) is 1.86. The molecule has 3 rings (SSSR count). The lowest BCUT2D eigenvalue weighted by molar-refractivity contribution is 1.06. The highest BCUT2D eigenvalue weighted by Gasteiger charge is 2.10. The second-order valence-corrected chi connectivity index (χ2v) is 4.81. The first-order valence-electron chi connectivity index (χ1n) is 5.21. The van der Waals surface area contributed by atoms with Crippen molar-refractivity contribution in [2.75, 3.05) is 0 Å². The number of hydrogen-bond acceptors (Lipinski definition) is 1. The molecule has 2 aromatic heterocycles. The molecule has 0 fully saturated rings. The van der Waals surface area contributed by atoms with E-state index in [4.69, 9.17) is 0 Å². The van der Waals surface area contributed by atoms with Crippen LogP contribution in [0, 0.1) is 13.8 Å². The fourth-order valence-corrected chi connectivity index (χ4v) is 2.74. The molecule has 3 heteroatoms. The predicted molar refractivity (Wildman–Crippen MR) is 69.9 cm³/mol. The third-order valence-electron chi connectivity index (χ3n) is 3.17. The van der Waals surface area contributed by atoms with Crippen molar-refractivity contribution < 1.29 is 0 Å². The summed E-state index contributed by atoms with van der Waals surface area (Å²) in [6, 6.07) is 8.40. The summed E-state index contributed by atoms with van der Waals surface area (Å²) in [4.78, 5) is 4.46. The monoisotopic (exact) mass is 274 g/mol. The predicted octanol–water partition coefficient (Wildman–Crippen LogP) is 3.87. The Morgan fingerprint density at radius 3 is 2.56 bits per heavy atom. The number of aryl methyl sites for hydroxylation is 2. The molecule has 0 saturated carbocycles. The zero-order valence-corrected chi connectivity index (χ0v) is 10.7. The Kier molecular flexibility index (Phi) is 2.04. The fraction of sp³-hybridized carbons (Fsp3) is 0.154. The minimum Gasteiger partial charge on any atom is -0.291 e. The van der Waals surface area contributed by atoms with Crippen molar-refractivity contribution in [2.24, 2.45) is 0 Å². The average molecular weight is 275 g/mol. The molecule has 0 aliphatic rings. The molecule has 0 N–H and O–H groups in total. The number of halogens is 1. The summed E-state index contributed by atoms with van der Waals surface area (Å²) < 4.78 is 3.16. The quantitative estimate of drug-likeness (QED) is 0.608. The van der Waals surface area contributed by atoms with Crippen LogP contribution in [0.25, 0.3) is 16.4 Å². The van der Waals surface area contributed by atoms with Gasteiger partial charge in [-0.25, -0.2) is 4.98 Å². The van der Waals surface area contributed by atoms with Crippen molar-refractivity contribution in [3.05, 3.63) is 46.3 Å². The summed E-state index contributed by atoms with van der Waals surface area (Å²) in [6.45, 7) is 4.28. The van der Waals surface area contributed by atoms with E-state index in [9.17, 15) is 0 Å². The van der Waals surface area contributed by atoms with Gasteiger partial charge in [-0.1, -0.05) is 24.3 Å². The minimum absolute atomic E-state index is 1.01. The lowest BCUT2D eigenvalue weighted by atomic mass is 10.1. The maximum Gasteiger partial charge on any atom is 0.145 e. The number of nitrogens with zero attached hydrogens (tertiary/aromatic N) is 2. The van der Waals surface area contributed by atoms with E-state index in [0.29, 0.717) is 0 Å². The number of rotatable bonds is 0. The Hall–Kier alpha value is -1.35. The van der Waals surface area contributed by atoms with Gasteiger partial charge in [0.1, 0.15) is 10.3 Å². The van der Waals surface area contributed by atoms with Gasteiger partial charge in [-0.2, -0.15) is 0 Å². The van der Waals surface area contributed by atoms with Crippen molar-refractivity contribution in [2.45, 2.75) is 13.8 Å². The molecule has 0 aliphatic heterocycles. The number of aromatic nitrogens is 2. The SMILES string of the molecule is Cc1c(C)n2c(Br)cnc2c2ccccc12. The molecule has 0 radical (unpaired) electrons. The summed E-state index contributed by atoms with van der Waals surface area (Å²) in [5.41, 5.74) is 3.56. The normalized spacial score (nSPS) is 11.4. The van der Waals surface area contributed by atoms with Gasteiger partial charge in [-0.3, -0.25) is 4.40 Å². The molecule has 1 aromatic carbocycles. The Labute approximate surface area is 102 Å². The van der Waals surface area contributed by atoms with E-state index in [-0.39, 0.29) is 0 Å². The van der Waals surface area contributed by atoms with Gasteiger partial charge in [0.15, 0.2) is 0 Å². The number of benzene rings is 1. The highest BCUT2D eigenvalue weighted by molar-refractivity contribution is 9.10. The number of hydrogen-bond donors (Lipinski definition) is 0. The fourth-order valence-electron chi connectivity index (χ4n) is 2.21. The molecule has 0 bridgehead atoms. The van der Waals surface area contributed by atoms with E-state index in [0.717, 1.165) is 10.3 Å². The van der Waals surface area contributed by atoms with Crippen molar-refractivity contribution in [3.8, 4) is 0 Å². The van der Waals surface area contributed by atoms with Crippen LogP contribution in [0.4, 0.5) is 0 Å². The van der Waals surface area contributed by atoms with Crippen molar-refractivity contribution in [1.29, 1.82) is 0 Å². The molecule has 0 saturated heterocycles. The first-order valence-corrected chi connectivity index (χ1v) is 6.00. The Morgan fingerprint density at radius 1 is 1.12 bits per heavy atom. The van der Waals surface area contributed by atoms with Gasteiger partial charge in [0.2, 0.25) is 0 Å². The lowest BCUT2D eigenvalue weighted by Crippen LogP contribution is -1.97. The largest absolute Gasteiger partial charge is 0.291 e. The minimum atomic E-state index is 1.01. The third-order valence-corrected chi connectivity index (χ3v) is 3.73. The van der Waals surface area contributed by atoms with Gasteiger partial charge in [0.05, 0.1) is 6.20 Å². The molecule has 0 aliphatic carbocycles. The maximum atomic E-state index is 4.46. The topological polar surface area (TPSA) is 17.3 Å². The van der Waals surface area contributed by atoms with Gasteiger partial charge >= 0.3 is 0 Å². The molecule has 0 unspecified atom stereocenters. The zero-order chi connectivity index (χ0) is 11.3. The Bertz CT molecular complexity index is 698. The van der Waals surface area contributed by atoms with E-state index in [1.165, 1.54) is 22.0 Å². The molecule has 2 nitrogen and oxygen atoms in total. The molecule has 0 amide bonds. The summed E-state index contributed by atoms with van der Waals surface area (Å²) in [5, 5.41) is 2.49. The Balaban J connectivity index is 2.70. The van der Waals surface area contributed by atoms with E-state index in [2.05, 4.69) is 63.4 Å². The van der Waals surface area contributed by atoms with Crippen LogP contribution in [0.1, 0.15) is 11.3 Å². The van der Waals surface area contributed by atoms with Gasteiger partial charge < -0.3 is 0 Å². The molecule has 0 spiro atoms. The van der Waals surface area contributed by atoms with Crippen LogP contribution >= 0.6 is 15.9 Å². The molecule has 2 heterocycles. The standard InChI is InChI=1S/C13H11BrN2/c1-8-9(2)16-12(14)7-15-13(16)11-6-4-3-5-10(8)11/h3-7H,1-2H3. The second kappa shape index (κ2) is 3.32. The van der Waals surface area contributed by atoms with Crippen LogP contribution in [-0.4, -0.2) is 9.38 Å². The second-order valence-electron chi connectivity index (χ2n) is 4.00. The highest BCUT2D eigenvalue weighted by Crippen LogP contribution is 2.28. The summed E-state index contributed by atoms with van der Waals surface area (Å²) in [5.74, 6) is 0. The maximum absolute atomic E-state index is 4.46. The molecule has 0 atom stereocenters. The average Bonchev–Trinajstić information content (AvgIpc) is 2.69. The number of pyridine rings is 1. The van der Waals surface area contributed by atoms with Crippen molar-refractivity contribution in [3.63, 3.8) is 0 Å². The van der Waals surface area contributed by atoms with Crippen LogP contribution in [0.15, 0.2) is 35.1 Å². The van der Waals surface area contributed by atoms with Crippen LogP contribution in [0.2, 0.25) is 0 Å². The van der Waals surface area contributed by atoms with Crippen LogP contribution in [0.3, 0.4) is 0 Å². The molecule has 16 heavy (non-hydrogen) atoms. The summed E-state index contributed by atoms with van der Waals surface area (Å²) in [7, 11) is 0. The first kappa shape index (κ1) is 9.85. The Morgan fingerprint density at radius 2 is 1.81 bits per heavy atom. The smallest absolute Gasteiger partial charge is 0.145 e. The molecule has 80 valence electrons. The van der Waals surface area contributed by atoms with Crippen LogP contribution in [0.5, 0.6) is 0 Å².